The Labute approximate surface area is 189 Å². The number of nitrogens with one attached hydrogen (secondary N) is 1. The number of ether oxygens (including phenoxy) is 2. The second kappa shape index (κ2) is 11.0. The first-order chi connectivity index (χ1) is 15.9. The van der Waals surface area contributed by atoms with Gasteiger partial charge in [0.2, 0.25) is 0 Å². The highest BCUT2D eigenvalue weighted by molar-refractivity contribution is 5.85. The molecule has 166 valence electrons. The van der Waals surface area contributed by atoms with E-state index < -0.39 is 24.3 Å². The van der Waals surface area contributed by atoms with Crippen LogP contribution in [-0.2, 0) is 9.53 Å². The van der Waals surface area contributed by atoms with E-state index in [2.05, 4.69) is 5.32 Å². The molecule has 0 aromatic heterocycles. The molecule has 0 fully saturated rings. The maximum atomic E-state index is 12.7. The SMILES string of the molecule is N#Cc1ccc(NC(=O)O[C@H](c2ccc(O)cc2)[C@@H](/C=C/C(=O)O)Oc2ccccc2)cc1. The van der Waals surface area contributed by atoms with Crippen molar-refractivity contribution in [3.05, 3.63) is 102 Å². The van der Waals surface area contributed by atoms with Crippen LogP contribution in [0.2, 0.25) is 0 Å². The summed E-state index contributed by atoms with van der Waals surface area (Å²) in [4.78, 5) is 23.8. The highest BCUT2D eigenvalue weighted by atomic mass is 16.6. The van der Waals surface area contributed by atoms with Crippen molar-refractivity contribution < 1.29 is 29.3 Å². The molecular weight excluding hydrogens is 424 g/mol. The molecule has 0 heterocycles. The third-order valence-corrected chi connectivity index (χ3v) is 4.46. The molecule has 2 atom stereocenters. The van der Waals surface area contributed by atoms with Crippen LogP contribution in [0.15, 0.2) is 91.0 Å². The molecule has 0 aliphatic carbocycles. The van der Waals surface area contributed by atoms with Crippen LogP contribution < -0.4 is 10.1 Å². The summed E-state index contributed by atoms with van der Waals surface area (Å²) < 4.78 is 11.6. The number of hydrogen-bond acceptors (Lipinski definition) is 6. The van der Waals surface area contributed by atoms with E-state index >= 15 is 0 Å². The number of carbonyl (C=O) groups is 2. The summed E-state index contributed by atoms with van der Waals surface area (Å²) in [5.41, 5.74) is 1.31. The third kappa shape index (κ3) is 6.87. The zero-order chi connectivity index (χ0) is 23.6. The summed E-state index contributed by atoms with van der Waals surface area (Å²) in [6.07, 6.45) is -0.687. The van der Waals surface area contributed by atoms with Crippen molar-refractivity contribution in [3.8, 4) is 17.6 Å². The lowest BCUT2D eigenvalue weighted by molar-refractivity contribution is -0.131. The van der Waals surface area contributed by atoms with Crippen molar-refractivity contribution >= 4 is 17.7 Å². The zero-order valence-electron chi connectivity index (χ0n) is 17.3. The van der Waals surface area contributed by atoms with Crippen molar-refractivity contribution in [2.24, 2.45) is 0 Å². The summed E-state index contributed by atoms with van der Waals surface area (Å²) in [5, 5.41) is 30.2. The van der Waals surface area contributed by atoms with Gasteiger partial charge in [-0.15, -0.1) is 0 Å². The number of amides is 1. The third-order valence-electron chi connectivity index (χ3n) is 4.46. The van der Waals surface area contributed by atoms with Crippen LogP contribution in [-0.4, -0.2) is 28.4 Å². The standard InChI is InChI=1S/C25H20N2O6/c26-16-17-6-10-19(11-7-17)27-25(31)33-24(18-8-12-20(28)13-9-18)22(14-15-23(29)30)32-21-4-2-1-3-5-21/h1-15,22,24,28H,(H,27,31)(H,29,30)/b15-14+/t22-,24-/m1/s1. The molecule has 0 unspecified atom stereocenters. The van der Waals surface area contributed by atoms with E-state index in [4.69, 9.17) is 19.8 Å². The van der Waals surface area contributed by atoms with Crippen LogP contribution >= 0.6 is 0 Å². The maximum absolute atomic E-state index is 12.7. The molecule has 0 saturated heterocycles. The predicted molar refractivity (Wildman–Crippen MR) is 120 cm³/mol. The lowest BCUT2D eigenvalue weighted by Crippen LogP contribution is -2.29. The first-order valence-corrected chi connectivity index (χ1v) is 9.84. The van der Waals surface area contributed by atoms with Gasteiger partial charge in [0.25, 0.3) is 0 Å². The number of para-hydroxylation sites is 1. The van der Waals surface area contributed by atoms with E-state index in [-0.39, 0.29) is 5.75 Å². The molecule has 3 aromatic rings. The van der Waals surface area contributed by atoms with E-state index in [0.717, 1.165) is 6.08 Å². The zero-order valence-corrected chi connectivity index (χ0v) is 17.3. The Hall–Kier alpha value is -4.77. The number of nitriles is 1. The summed E-state index contributed by atoms with van der Waals surface area (Å²) in [5.74, 6) is -0.735. The number of carbonyl (C=O) groups excluding carboxylic acids is 1. The first kappa shape index (κ1) is 22.9. The Morgan fingerprint density at radius 1 is 0.970 bits per heavy atom. The van der Waals surface area contributed by atoms with Crippen LogP contribution in [0.5, 0.6) is 11.5 Å². The Kier molecular flexibility index (Phi) is 7.65. The van der Waals surface area contributed by atoms with Crippen LogP contribution in [0.25, 0.3) is 0 Å². The quantitative estimate of drug-likeness (QED) is 0.432. The second-order valence-electron chi connectivity index (χ2n) is 6.82. The minimum atomic E-state index is -1.19. The molecule has 8 heteroatoms. The number of hydrogen-bond donors (Lipinski definition) is 3. The number of rotatable bonds is 8. The summed E-state index contributed by atoms with van der Waals surface area (Å²) in [6.45, 7) is 0. The van der Waals surface area contributed by atoms with E-state index in [1.165, 1.54) is 18.2 Å². The molecule has 3 N–H and O–H groups in total. The van der Waals surface area contributed by atoms with Gasteiger partial charge in [-0.05, 0) is 60.2 Å². The number of carboxylic acid groups (broad SMARTS) is 1. The van der Waals surface area contributed by atoms with Crippen molar-refractivity contribution in [3.63, 3.8) is 0 Å². The fraction of sp³-hybridized carbons (Fsp3) is 0.0800. The number of anilines is 1. The molecule has 3 aromatic carbocycles. The van der Waals surface area contributed by atoms with E-state index in [1.54, 1.807) is 66.7 Å². The normalized spacial score (nSPS) is 12.3. The molecule has 3 rings (SSSR count). The van der Waals surface area contributed by atoms with Crippen molar-refractivity contribution in [2.75, 3.05) is 5.32 Å². The average Bonchev–Trinajstić information content (AvgIpc) is 2.82. The van der Waals surface area contributed by atoms with Gasteiger partial charge in [-0.25, -0.2) is 9.59 Å². The van der Waals surface area contributed by atoms with Gasteiger partial charge in [0, 0.05) is 11.8 Å². The molecule has 33 heavy (non-hydrogen) atoms. The Bertz CT molecular complexity index is 1150. The fourth-order valence-electron chi connectivity index (χ4n) is 2.91. The van der Waals surface area contributed by atoms with Gasteiger partial charge in [-0.1, -0.05) is 30.3 Å². The fourth-order valence-corrected chi connectivity index (χ4v) is 2.91. The van der Waals surface area contributed by atoms with Crippen LogP contribution in [0.4, 0.5) is 10.5 Å². The first-order valence-electron chi connectivity index (χ1n) is 9.84. The minimum Gasteiger partial charge on any atom is -0.508 e. The summed E-state index contributed by atoms with van der Waals surface area (Å²) in [6, 6.07) is 22.8. The number of benzene rings is 3. The minimum absolute atomic E-state index is 0.0149. The monoisotopic (exact) mass is 444 g/mol. The summed E-state index contributed by atoms with van der Waals surface area (Å²) >= 11 is 0. The Balaban J connectivity index is 1.89. The predicted octanol–water partition coefficient (Wildman–Crippen LogP) is 4.64. The highest BCUT2D eigenvalue weighted by Gasteiger charge is 2.28. The van der Waals surface area contributed by atoms with Gasteiger partial charge >= 0.3 is 12.1 Å². The molecule has 0 spiro atoms. The van der Waals surface area contributed by atoms with Gasteiger partial charge in [0.05, 0.1) is 11.6 Å². The van der Waals surface area contributed by atoms with Crippen LogP contribution in [0, 0.1) is 11.3 Å². The Morgan fingerprint density at radius 2 is 1.64 bits per heavy atom. The van der Waals surface area contributed by atoms with E-state index in [9.17, 15) is 14.7 Å². The summed E-state index contributed by atoms with van der Waals surface area (Å²) in [7, 11) is 0. The Morgan fingerprint density at radius 3 is 2.24 bits per heavy atom. The largest absolute Gasteiger partial charge is 0.508 e. The molecule has 0 bridgehead atoms. The van der Waals surface area contributed by atoms with Crippen LogP contribution in [0.3, 0.4) is 0 Å². The number of aromatic hydroxyl groups is 1. The van der Waals surface area contributed by atoms with Crippen molar-refractivity contribution in [1.29, 1.82) is 5.26 Å². The number of nitrogens with zero attached hydrogens (tertiary/aromatic N) is 1. The molecular formula is C25H20N2O6. The van der Waals surface area contributed by atoms with E-state index in [1.807, 2.05) is 6.07 Å². The smallest absolute Gasteiger partial charge is 0.412 e. The maximum Gasteiger partial charge on any atom is 0.412 e. The molecule has 0 saturated carbocycles. The van der Waals surface area contributed by atoms with Crippen molar-refractivity contribution in [1.82, 2.24) is 0 Å². The lowest BCUT2D eigenvalue weighted by Gasteiger charge is -2.26. The van der Waals surface area contributed by atoms with Gasteiger partial charge < -0.3 is 19.7 Å². The van der Waals surface area contributed by atoms with Gasteiger partial charge in [-0.3, -0.25) is 5.32 Å². The average molecular weight is 444 g/mol. The van der Waals surface area contributed by atoms with Gasteiger partial charge in [0.1, 0.15) is 11.5 Å². The highest BCUT2D eigenvalue weighted by Crippen LogP contribution is 2.28. The topological polar surface area (TPSA) is 129 Å². The molecule has 1 amide bonds. The number of carboxylic acids is 1. The van der Waals surface area contributed by atoms with Gasteiger partial charge in [-0.2, -0.15) is 5.26 Å². The van der Waals surface area contributed by atoms with E-state index in [0.29, 0.717) is 22.6 Å². The molecule has 0 aliphatic rings. The van der Waals surface area contributed by atoms with Crippen molar-refractivity contribution in [2.45, 2.75) is 12.2 Å². The molecule has 8 nitrogen and oxygen atoms in total. The number of phenolic OH excluding ortho intramolecular Hbond substituents is 1. The molecule has 0 aliphatic heterocycles. The lowest BCUT2D eigenvalue weighted by atomic mass is 10.0. The number of aliphatic carboxylic acids is 1. The molecule has 0 radical (unpaired) electrons. The van der Waals surface area contributed by atoms with Crippen LogP contribution in [0.1, 0.15) is 17.2 Å². The second-order valence-corrected chi connectivity index (χ2v) is 6.82. The van der Waals surface area contributed by atoms with Gasteiger partial charge in [0.15, 0.2) is 12.2 Å². The number of phenols is 1.